The molecule has 0 saturated carbocycles. The minimum atomic E-state index is -0.729. The topological polar surface area (TPSA) is 143 Å². The van der Waals surface area contributed by atoms with Crippen molar-refractivity contribution < 1.29 is 23.5 Å². The fraction of sp³-hybridized carbons (Fsp3) is 0.400. The molecule has 1 aromatic heterocycles. The number of benzene rings is 1. The fourth-order valence-corrected chi connectivity index (χ4v) is 4.63. The number of nitrogens with one attached hydrogen (secondary N) is 2. The van der Waals surface area contributed by atoms with Gasteiger partial charge in [0, 0.05) is 42.3 Å². The van der Waals surface area contributed by atoms with Crippen LogP contribution >= 0.6 is 23.2 Å². The standard InChI is InChI=1S/C25H29Cl2FN6O4/c1-14(22-18(26)3-4-19(28)23(22)27)38-20-9-15(11-32-24(20)30)16(10-29)12-31-17-5-7-34(8-6-17)21(35)13-33-25(36)37-2/h3-4,9-12,14,16-17,29H,5-8,13H2,1-2H3,(H2,30,32)(H,33,36). The molecule has 10 nitrogen and oxygen atoms in total. The van der Waals surface area contributed by atoms with Crippen LogP contribution in [0.5, 0.6) is 5.75 Å². The number of halogens is 3. The van der Waals surface area contributed by atoms with Gasteiger partial charge in [0.15, 0.2) is 11.6 Å². The van der Waals surface area contributed by atoms with Crippen LogP contribution in [0.2, 0.25) is 10.0 Å². The van der Waals surface area contributed by atoms with Gasteiger partial charge in [0.1, 0.15) is 18.5 Å². The smallest absolute Gasteiger partial charge is 0.407 e. The maximum absolute atomic E-state index is 14.0. The van der Waals surface area contributed by atoms with Gasteiger partial charge in [-0.05, 0) is 43.5 Å². The van der Waals surface area contributed by atoms with Gasteiger partial charge in [0.25, 0.3) is 0 Å². The summed E-state index contributed by atoms with van der Waals surface area (Å²) >= 11 is 12.3. The summed E-state index contributed by atoms with van der Waals surface area (Å²) in [6, 6.07) is 4.20. The summed E-state index contributed by atoms with van der Waals surface area (Å²) in [6.45, 7) is 2.55. The Morgan fingerprint density at radius 3 is 2.74 bits per heavy atom. The van der Waals surface area contributed by atoms with E-state index in [0.717, 1.165) is 0 Å². The lowest BCUT2D eigenvalue weighted by Gasteiger charge is -2.30. The van der Waals surface area contributed by atoms with E-state index < -0.39 is 23.9 Å². The largest absolute Gasteiger partial charge is 0.482 e. The quantitative estimate of drug-likeness (QED) is 0.303. The van der Waals surface area contributed by atoms with Crippen molar-refractivity contribution in [2.75, 3.05) is 32.5 Å². The lowest BCUT2D eigenvalue weighted by molar-refractivity contribution is -0.131. The highest BCUT2D eigenvalue weighted by Gasteiger charge is 2.23. The third kappa shape index (κ3) is 7.32. The number of aromatic nitrogens is 1. The summed E-state index contributed by atoms with van der Waals surface area (Å²) in [5.74, 6) is -0.950. The number of pyridine rings is 1. The Kier molecular flexibility index (Phi) is 10.3. The highest BCUT2D eigenvalue weighted by molar-refractivity contribution is 6.36. The number of anilines is 1. The Morgan fingerprint density at radius 2 is 2.08 bits per heavy atom. The molecular weight excluding hydrogens is 538 g/mol. The molecule has 0 aliphatic carbocycles. The van der Waals surface area contributed by atoms with Crippen LogP contribution in [0.4, 0.5) is 15.0 Å². The number of amides is 2. The highest BCUT2D eigenvalue weighted by atomic mass is 35.5. The second-order valence-electron chi connectivity index (χ2n) is 8.62. The lowest BCUT2D eigenvalue weighted by atomic mass is 10.0. The average Bonchev–Trinajstić information content (AvgIpc) is 2.91. The molecule has 1 aliphatic rings. The number of rotatable bonds is 9. The first kappa shape index (κ1) is 29.1. The number of nitrogens with two attached hydrogens (primary N) is 1. The predicted octanol–water partition coefficient (Wildman–Crippen LogP) is 4.40. The van der Waals surface area contributed by atoms with E-state index in [-0.39, 0.29) is 45.7 Å². The van der Waals surface area contributed by atoms with Crippen LogP contribution in [0.1, 0.15) is 42.9 Å². The molecule has 204 valence electrons. The number of carbonyl (C=O) groups is 2. The number of piperidine rings is 1. The molecule has 2 aromatic rings. The van der Waals surface area contributed by atoms with Crippen molar-refractivity contribution in [3.63, 3.8) is 0 Å². The summed E-state index contributed by atoms with van der Waals surface area (Å²) in [6.07, 6.45) is 4.32. The maximum Gasteiger partial charge on any atom is 0.407 e. The summed E-state index contributed by atoms with van der Waals surface area (Å²) in [5.41, 5.74) is 6.92. The molecule has 2 unspecified atom stereocenters. The molecule has 3 rings (SSSR count). The zero-order valence-electron chi connectivity index (χ0n) is 20.9. The third-order valence-corrected chi connectivity index (χ3v) is 6.81. The van der Waals surface area contributed by atoms with Gasteiger partial charge in [-0.1, -0.05) is 23.2 Å². The van der Waals surface area contributed by atoms with Gasteiger partial charge in [0.2, 0.25) is 5.91 Å². The molecule has 0 radical (unpaired) electrons. The molecule has 0 bridgehead atoms. The van der Waals surface area contributed by atoms with E-state index in [0.29, 0.717) is 31.5 Å². The van der Waals surface area contributed by atoms with Gasteiger partial charge >= 0.3 is 6.09 Å². The van der Waals surface area contributed by atoms with Crippen LogP contribution in [0, 0.1) is 11.2 Å². The predicted molar refractivity (Wildman–Crippen MR) is 144 cm³/mol. The van der Waals surface area contributed by atoms with E-state index in [4.69, 9.17) is 39.1 Å². The van der Waals surface area contributed by atoms with E-state index >= 15 is 0 Å². The number of nitrogen functional groups attached to an aromatic ring is 1. The van der Waals surface area contributed by atoms with E-state index in [1.165, 1.54) is 31.7 Å². The van der Waals surface area contributed by atoms with Crippen LogP contribution in [0.15, 0.2) is 29.4 Å². The SMILES string of the molecule is COC(=O)NCC(=O)N1CCC(N=CC(C=N)c2cnc(N)c(OC(C)c3c(Cl)ccc(F)c3Cl)c2)CC1. The zero-order chi connectivity index (χ0) is 27.8. The number of likely N-dealkylation sites (tertiary alicyclic amines) is 1. The van der Waals surface area contributed by atoms with Gasteiger partial charge in [-0.3, -0.25) is 9.79 Å². The van der Waals surface area contributed by atoms with Crippen molar-refractivity contribution in [3.8, 4) is 5.75 Å². The van der Waals surface area contributed by atoms with Crippen molar-refractivity contribution in [2.24, 2.45) is 4.99 Å². The number of ether oxygens (including phenoxy) is 2. The molecule has 0 spiro atoms. The van der Waals surface area contributed by atoms with E-state index in [1.54, 1.807) is 24.1 Å². The fourth-order valence-electron chi connectivity index (χ4n) is 3.95. The number of aliphatic imine (C=N–C) groups is 1. The second-order valence-corrected chi connectivity index (χ2v) is 9.40. The minimum absolute atomic E-state index is 0.0233. The molecular formula is C25H29Cl2FN6O4. The molecule has 1 aliphatic heterocycles. The monoisotopic (exact) mass is 566 g/mol. The molecule has 1 fully saturated rings. The summed E-state index contributed by atoms with van der Waals surface area (Å²) in [4.78, 5) is 33.9. The first-order valence-corrected chi connectivity index (χ1v) is 12.6. The Labute approximate surface area is 229 Å². The molecule has 2 amide bonds. The lowest BCUT2D eigenvalue weighted by Crippen LogP contribution is -2.44. The van der Waals surface area contributed by atoms with Crippen molar-refractivity contribution >= 4 is 53.4 Å². The summed E-state index contributed by atoms with van der Waals surface area (Å²) in [5, 5.41) is 10.4. The Balaban J connectivity index is 1.64. The van der Waals surface area contributed by atoms with Gasteiger partial charge in [-0.15, -0.1) is 0 Å². The van der Waals surface area contributed by atoms with Crippen LogP contribution in [0.3, 0.4) is 0 Å². The van der Waals surface area contributed by atoms with Gasteiger partial charge in [-0.2, -0.15) is 0 Å². The highest BCUT2D eigenvalue weighted by Crippen LogP contribution is 2.36. The van der Waals surface area contributed by atoms with Crippen LogP contribution in [0.25, 0.3) is 0 Å². The van der Waals surface area contributed by atoms with Gasteiger partial charge in [0.05, 0.1) is 24.1 Å². The molecule has 1 aromatic carbocycles. The van der Waals surface area contributed by atoms with Crippen molar-refractivity contribution in [1.29, 1.82) is 5.41 Å². The summed E-state index contributed by atoms with van der Waals surface area (Å²) < 4.78 is 24.4. The van der Waals surface area contributed by atoms with Crippen molar-refractivity contribution in [3.05, 3.63) is 51.4 Å². The number of nitrogens with zero attached hydrogens (tertiary/aromatic N) is 3. The van der Waals surface area contributed by atoms with E-state index in [1.807, 2.05) is 0 Å². The average molecular weight is 567 g/mol. The van der Waals surface area contributed by atoms with E-state index in [9.17, 15) is 14.0 Å². The number of methoxy groups -OCH3 is 1. The van der Waals surface area contributed by atoms with Crippen LogP contribution < -0.4 is 15.8 Å². The Hall–Kier alpha value is -3.44. The molecule has 38 heavy (non-hydrogen) atoms. The second kappa shape index (κ2) is 13.4. The van der Waals surface area contributed by atoms with Gasteiger partial charge in [-0.25, -0.2) is 14.2 Å². The molecule has 1 saturated heterocycles. The molecule has 2 heterocycles. The minimum Gasteiger partial charge on any atom is -0.482 e. The number of hydrogen-bond acceptors (Lipinski definition) is 8. The van der Waals surface area contributed by atoms with Crippen molar-refractivity contribution in [1.82, 2.24) is 15.2 Å². The zero-order valence-corrected chi connectivity index (χ0v) is 22.4. The van der Waals surface area contributed by atoms with E-state index in [2.05, 4.69) is 20.0 Å². The van der Waals surface area contributed by atoms with Crippen LogP contribution in [-0.4, -0.2) is 67.1 Å². The van der Waals surface area contributed by atoms with Gasteiger partial charge < -0.3 is 30.8 Å². The third-order valence-electron chi connectivity index (χ3n) is 6.10. The van der Waals surface area contributed by atoms with Crippen molar-refractivity contribution in [2.45, 2.75) is 37.8 Å². The molecule has 2 atom stereocenters. The number of carbonyl (C=O) groups excluding carboxylic acids is 2. The Morgan fingerprint density at radius 1 is 1.37 bits per heavy atom. The number of hydrogen-bond donors (Lipinski definition) is 3. The molecule has 4 N–H and O–H groups in total. The normalized spacial score (nSPS) is 15.7. The number of alkyl carbamates (subject to hydrolysis) is 1. The van der Waals surface area contributed by atoms with Crippen LogP contribution in [-0.2, 0) is 9.53 Å². The molecule has 13 heteroatoms. The maximum atomic E-state index is 14.0. The summed E-state index contributed by atoms with van der Waals surface area (Å²) in [7, 11) is 1.23. The first-order valence-electron chi connectivity index (χ1n) is 11.8. The Bertz CT molecular complexity index is 1210. The first-order chi connectivity index (χ1) is 18.1.